The van der Waals surface area contributed by atoms with E-state index < -0.39 is 0 Å². The van der Waals surface area contributed by atoms with Crippen LogP contribution in [0.3, 0.4) is 0 Å². The Labute approximate surface area is 225 Å². The lowest BCUT2D eigenvalue weighted by Crippen LogP contribution is -2.38. The Hall–Kier alpha value is -2.94. The van der Waals surface area contributed by atoms with E-state index >= 15 is 0 Å². The molecule has 2 aliphatic heterocycles. The van der Waals surface area contributed by atoms with E-state index in [-0.39, 0.29) is 30.8 Å². The van der Waals surface area contributed by atoms with Gasteiger partial charge >= 0.3 is 0 Å². The molecule has 8 heteroatoms. The van der Waals surface area contributed by atoms with Gasteiger partial charge in [-0.1, -0.05) is 49.4 Å². The summed E-state index contributed by atoms with van der Waals surface area (Å²) in [6.45, 7) is 5.88. The summed E-state index contributed by atoms with van der Waals surface area (Å²) in [5.41, 5.74) is 3.13. The third-order valence-corrected chi connectivity index (χ3v) is 7.17. The molecule has 0 spiro atoms. The van der Waals surface area contributed by atoms with E-state index in [1.54, 1.807) is 0 Å². The summed E-state index contributed by atoms with van der Waals surface area (Å²) in [4.78, 5) is 33.0. The molecule has 0 aromatic heterocycles. The third-order valence-electron chi connectivity index (χ3n) is 7.17. The highest BCUT2D eigenvalue weighted by Crippen LogP contribution is 2.25. The van der Waals surface area contributed by atoms with Crippen LogP contribution in [0.4, 0.5) is 0 Å². The normalized spacial score (nSPS) is 20.4. The molecule has 2 amide bonds. The maximum atomic E-state index is 13.2. The second-order valence-corrected chi connectivity index (χ2v) is 10.0. The molecule has 0 bridgehead atoms. The van der Waals surface area contributed by atoms with E-state index in [0.717, 1.165) is 68.3 Å². The fraction of sp³-hybridized carbons (Fsp3) is 0.533. The first-order valence-electron chi connectivity index (χ1n) is 14.0. The van der Waals surface area contributed by atoms with Crippen LogP contribution in [0.25, 0.3) is 10.8 Å². The highest BCUT2D eigenvalue weighted by molar-refractivity contribution is 5.94. The molecular formula is C30H41N3O5. The number of carbonyl (C=O) groups excluding carboxylic acids is 2. The zero-order valence-corrected chi connectivity index (χ0v) is 22.5. The number of ether oxygens (including phenoxy) is 2. The van der Waals surface area contributed by atoms with Crippen LogP contribution < -0.4 is 15.5 Å². The maximum absolute atomic E-state index is 13.2. The van der Waals surface area contributed by atoms with Gasteiger partial charge < -0.3 is 19.7 Å². The van der Waals surface area contributed by atoms with Gasteiger partial charge in [0.25, 0.3) is 5.91 Å². The molecule has 2 aromatic carbocycles. The average molecular weight is 524 g/mol. The monoisotopic (exact) mass is 523 g/mol. The molecule has 0 radical (unpaired) electrons. The molecule has 2 saturated heterocycles. The fourth-order valence-corrected chi connectivity index (χ4v) is 4.90. The molecule has 2 unspecified atom stereocenters. The Morgan fingerprint density at radius 1 is 1.11 bits per heavy atom. The lowest BCUT2D eigenvalue weighted by Gasteiger charge is -2.22. The molecule has 2 aliphatic rings. The predicted octanol–water partition coefficient (Wildman–Crippen LogP) is 4.49. The second-order valence-electron chi connectivity index (χ2n) is 10.0. The molecule has 0 saturated carbocycles. The number of likely N-dealkylation sites (N-methyl/N-ethyl adjacent to an activating group) is 1. The van der Waals surface area contributed by atoms with Gasteiger partial charge in [0.15, 0.2) is 6.29 Å². The minimum Gasteiger partial charge on any atom is -0.488 e. The average Bonchev–Trinajstić information content (AvgIpc) is 3.41. The van der Waals surface area contributed by atoms with Gasteiger partial charge in [0, 0.05) is 44.0 Å². The number of benzene rings is 2. The van der Waals surface area contributed by atoms with E-state index in [2.05, 4.69) is 34.8 Å². The summed E-state index contributed by atoms with van der Waals surface area (Å²) in [6.07, 6.45) is 7.98. The van der Waals surface area contributed by atoms with Crippen LogP contribution in [-0.2, 0) is 19.2 Å². The van der Waals surface area contributed by atoms with Gasteiger partial charge in [-0.05, 0) is 56.5 Å². The number of unbranched alkanes of at least 4 members (excludes halogenated alkanes) is 2. The quantitative estimate of drug-likeness (QED) is 0.229. The first kappa shape index (κ1) is 28.1. The molecule has 8 nitrogen and oxygen atoms in total. The largest absolute Gasteiger partial charge is 0.488 e. The molecule has 38 heavy (non-hydrogen) atoms. The lowest BCUT2D eigenvalue weighted by molar-refractivity contribution is -0.200. The Balaban J connectivity index is 1.29. The number of likely N-dealkylation sites (tertiary alicyclic amines) is 1. The van der Waals surface area contributed by atoms with Crippen molar-refractivity contribution in [3.63, 3.8) is 0 Å². The molecular weight excluding hydrogens is 482 g/mol. The lowest BCUT2D eigenvalue weighted by atomic mass is 10.1. The smallest absolute Gasteiger partial charge is 0.250 e. The van der Waals surface area contributed by atoms with E-state index in [1.807, 2.05) is 36.4 Å². The van der Waals surface area contributed by atoms with Gasteiger partial charge in [-0.25, -0.2) is 10.3 Å². The SMILES string of the molecule is CCN1CCC(NC(=O)/C(=C/CCCCC(=O)NOC2CCCCO2)COc2cccc3ccccc23)C1. The standard InChI is InChI=1S/C30H41N3O5/c1-2-33-19-18-25(21-33)31-30(35)24(22-37-27-15-10-13-23-11-6-7-14-26(23)27)12-4-3-5-16-28(34)32-38-29-17-8-9-20-36-29/h6-7,10-15,25,29H,2-5,8-9,16-22H2,1H3,(H,31,35)(H,32,34)/b24-12+. The Bertz CT molecular complexity index is 1080. The Morgan fingerprint density at radius 2 is 1.97 bits per heavy atom. The van der Waals surface area contributed by atoms with E-state index in [1.165, 1.54) is 0 Å². The number of nitrogens with one attached hydrogen (secondary N) is 2. The van der Waals surface area contributed by atoms with Gasteiger partial charge in [-0.2, -0.15) is 0 Å². The van der Waals surface area contributed by atoms with Crippen LogP contribution in [0.2, 0.25) is 0 Å². The zero-order chi connectivity index (χ0) is 26.6. The first-order chi connectivity index (χ1) is 18.6. The molecule has 206 valence electrons. The summed E-state index contributed by atoms with van der Waals surface area (Å²) >= 11 is 0. The summed E-state index contributed by atoms with van der Waals surface area (Å²) in [5, 5.41) is 5.33. The summed E-state index contributed by atoms with van der Waals surface area (Å²) < 4.78 is 11.6. The van der Waals surface area contributed by atoms with Crippen molar-refractivity contribution < 1.29 is 23.9 Å². The van der Waals surface area contributed by atoms with Crippen LogP contribution in [-0.4, -0.2) is 61.9 Å². The number of nitrogens with zero attached hydrogens (tertiary/aromatic N) is 1. The van der Waals surface area contributed by atoms with Gasteiger partial charge in [0.2, 0.25) is 5.91 Å². The van der Waals surface area contributed by atoms with Gasteiger partial charge in [0.05, 0.1) is 5.57 Å². The fourth-order valence-electron chi connectivity index (χ4n) is 4.90. The molecule has 2 fully saturated rings. The van der Waals surface area contributed by atoms with Gasteiger partial charge in [0.1, 0.15) is 12.4 Å². The van der Waals surface area contributed by atoms with Crippen molar-refractivity contribution in [3.8, 4) is 5.75 Å². The predicted molar refractivity (Wildman–Crippen MR) is 147 cm³/mol. The van der Waals surface area contributed by atoms with Crippen LogP contribution in [0.15, 0.2) is 54.1 Å². The highest BCUT2D eigenvalue weighted by atomic mass is 16.8. The summed E-state index contributed by atoms with van der Waals surface area (Å²) in [5.74, 6) is 0.535. The zero-order valence-electron chi connectivity index (χ0n) is 22.5. The number of hydrogen-bond donors (Lipinski definition) is 2. The molecule has 2 heterocycles. The molecule has 0 aliphatic carbocycles. The van der Waals surface area contributed by atoms with E-state index in [4.69, 9.17) is 14.3 Å². The highest BCUT2D eigenvalue weighted by Gasteiger charge is 2.24. The minimum absolute atomic E-state index is 0.0770. The molecule has 2 aromatic rings. The first-order valence-corrected chi connectivity index (χ1v) is 14.0. The number of allylic oxidation sites excluding steroid dienone is 1. The number of carbonyl (C=O) groups is 2. The number of hydrogen-bond acceptors (Lipinski definition) is 6. The van der Waals surface area contributed by atoms with Crippen LogP contribution >= 0.6 is 0 Å². The Morgan fingerprint density at radius 3 is 2.79 bits per heavy atom. The maximum Gasteiger partial charge on any atom is 0.250 e. The number of fused-ring (bicyclic) bond motifs is 1. The van der Waals surface area contributed by atoms with Gasteiger partial charge in [-0.3, -0.25) is 9.59 Å². The van der Waals surface area contributed by atoms with Crippen molar-refractivity contribution in [1.29, 1.82) is 0 Å². The van der Waals surface area contributed by atoms with Crippen molar-refractivity contribution in [2.75, 3.05) is 32.8 Å². The number of rotatable bonds is 13. The van der Waals surface area contributed by atoms with Gasteiger partial charge in [-0.15, -0.1) is 0 Å². The number of amides is 2. The summed E-state index contributed by atoms with van der Waals surface area (Å²) in [6, 6.07) is 14.2. The number of hydroxylamine groups is 1. The third kappa shape index (κ3) is 8.55. The van der Waals surface area contributed by atoms with Crippen LogP contribution in [0.5, 0.6) is 5.75 Å². The Kier molecular flexibility index (Phi) is 11.0. The molecule has 4 rings (SSSR count). The molecule has 2 N–H and O–H groups in total. The minimum atomic E-state index is -0.345. The van der Waals surface area contributed by atoms with Crippen molar-refractivity contribution in [2.45, 2.75) is 70.6 Å². The van der Waals surface area contributed by atoms with Crippen molar-refractivity contribution in [3.05, 3.63) is 54.1 Å². The second kappa shape index (κ2) is 14.9. The topological polar surface area (TPSA) is 89.1 Å². The van der Waals surface area contributed by atoms with Crippen LogP contribution in [0.1, 0.15) is 58.3 Å². The van der Waals surface area contributed by atoms with Crippen LogP contribution in [0, 0.1) is 0 Å². The molecule has 2 atom stereocenters. The van der Waals surface area contributed by atoms with E-state index in [9.17, 15) is 9.59 Å². The van der Waals surface area contributed by atoms with E-state index in [0.29, 0.717) is 31.4 Å². The van der Waals surface area contributed by atoms with Crippen molar-refractivity contribution >= 4 is 22.6 Å². The van der Waals surface area contributed by atoms with Crippen molar-refractivity contribution in [2.24, 2.45) is 0 Å². The summed E-state index contributed by atoms with van der Waals surface area (Å²) in [7, 11) is 0. The van der Waals surface area contributed by atoms with Crippen molar-refractivity contribution in [1.82, 2.24) is 15.7 Å².